The van der Waals surface area contributed by atoms with E-state index in [2.05, 4.69) is 30.8 Å². The number of ether oxygens (including phenoxy) is 1. The summed E-state index contributed by atoms with van der Waals surface area (Å²) in [5.74, 6) is 1.31. The number of aryl methyl sites for hydroxylation is 1. The summed E-state index contributed by atoms with van der Waals surface area (Å²) < 4.78 is 5.87. The minimum absolute atomic E-state index is 0.0319. The van der Waals surface area contributed by atoms with E-state index in [0.717, 1.165) is 38.1 Å². The molecule has 2 amide bonds. The number of rotatable bonds is 8. The number of anilines is 2. The number of hydrogen-bond acceptors (Lipinski definition) is 8. The molecule has 0 saturated heterocycles. The minimum atomic E-state index is -1.09. The molecule has 188 valence electrons. The molecular formula is C24H27N7O4S. The van der Waals surface area contributed by atoms with E-state index >= 15 is 0 Å². The average molecular weight is 510 g/mol. The van der Waals surface area contributed by atoms with Crippen LogP contribution in [-0.4, -0.2) is 68.9 Å². The van der Waals surface area contributed by atoms with Crippen LogP contribution in [0, 0.1) is 5.92 Å². The number of carbonyl (C=O) groups is 2. The molecule has 4 N–H and O–H groups in total. The van der Waals surface area contributed by atoms with Gasteiger partial charge in [0.05, 0.1) is 29.4 Å². The molecule has 5 rings (SSSR count). The van der Waals surface area contributed by atoms with Crippen LogP contribution in [0.2, 0.25) is 0 Å². The Bertz CT molecular complexity index is 1430. The molecule has 12 heteroatoms. The number of likely N-dealkylation sites (N-methyl/N-ethyl adjacent to an activating group) is 1. The van der Waals surface area contributed by atoms with Crippen LogP contribution in [0.25, 0.3) is 21.1 Å². The fraction of sp³-hybridized carbons (Fsp3) is 0.375. The van der Waals surface area contributed by atoms with Crippen molar-refractivity contribution in [3.63, 3.8) is 0 Å². The number of carboxylic acid groups (broad SMARTS) is 1. The highest BCUT2D eigenvalue weighted by Crippen LogP contribution is 2.42. The average Bonchev–Trinajstić information content (AvgIpc) is 3.47. The van der Waals surface area contributed by atoms with Gasteiger partial charge in [-0.15, -0.1) is 11.3 Å². The first-order valence-electron chi connectivity index (χ1n) is 11.8. The second-order valence-electron chi connectivity index (χ2n) is 8.70. The van der Waals surface area contributed by atoms with Gasteiger partial charge in [0, 0.05) is 42.4 Å². The summed E-state index contributed by atoms with van der Waals surface area (Å²) in [6.07, 6.45) is 4.32. The smallest absolute Gasteiger partial charge is 0.404 e. The highest BCUT2D eigenvalue weighted by atomic mass is 32.1. The number of thiophene rings is 1. The third-order valence-electron chi connectivity index (χ3n) is 6.39. The van der Waals surface area contributed by atoms with E-state index in [1.165, 1.54) is 5.56 Å². The number of benzene rings is 1. The zero-order chi connectivity index (χ0) is 25.2. The van der Waals surface area contributed by atoms with Crippen molar-refractivity contribution in [2.24, 2.45) is 5.92 Å². The predicted molar refractivity (Wildman–Crippen MR) is 137 cm³/mol. The number of nitrogens with zero attached hydrogens (tertiary/aromatic N) is 4. The van der Waals surface area contributed by atoms with Crippen molar-refractivity contribution < 1.29 is 19.4 Å². The Balaban J connectivity index is 1.40. The summed E-state index contributed by atoms with van der Waals surface area (Å²) in [4.78, 5) is 36.4. The third-order valence-corrected chi connectivity index (χ3v) is 7.55. The van der Waals surface area contributed by atoms with Gasteiger partial charge in [-0.2, -0.15) is 5.10 Å². The number of H-pyrrole nitrogens is 1. The summed E-state index contributed by atoms with van der Waals surface area (Å²) in [6.45, 7) is 3.01. The van der Waals surface area contributed by atoms with Crippen LogP contribution in [0.1, 0.15) is 23.8 Å². The predicted octanol–water partition coefficient (Wildman–Crippen LogP) is 3.54. The molecule has 3 heterocycles. The van der Waals surface area contributed by atoms with E-state index in [0.29, 0.717) is 37.6 Å². The summed E-state index contributed by atoms with van der Waals surface area (Å²) >= 11 is 1.60. The first-order chi connectivity index (χ1) is 17.4. The zero-order valence-corrected chi connectivity index (χ0v) is 20.8. The maximum atomic E-state index is 13.0. The normalized spacial score (nSPS) is 15.0. The van der Waals surface area contributed by atoms with Crippen molar-refractivity contribution in [1.82, 2.24) is 30.4 Å². The molecule has 3 aromatic heterocycles. The maximum Gasteiger partial charge on any atom is 0.404 e. The van der Waals surface area contributed by atoms with Gasteiger partial charge in [-0.3, -0.25) is 9.89 Å². The summed E-state index contributed by atoms with van der Waals surface area (Å²) in [6, 6.07) is 3.91. The van der Waals surface area contributed by atoms with E-state index in [4.69, 9.17) is 9.84 Å². The molecule has 1 aliphatic rings. The fourth-order valence-electron chi connectivity index (χ4n) is 4.64. The Morgan fingerprint density at radius 2 is 2.19 bits per heavy atom. The number of amides is 2. The van der Waals surface area contributed by atoms with E-state index in [9.17, 15) is 9.59 Å². The molecular weight excluding hydrogens is 482 g/mol. The Hall–Kier alpha value is -3.93. The molecule has 0 radical (unpaired) electrons. The van der Waals surface area contributed by atoms with Crippen molar-refractivity contribution in [2.45, 2.75) is 26.2 Å². The van der Waals surface area contributed by atoms with Gasteiger partial charge in [0.1, 0.15) is 22.7 Å². The van der Waals surface area contributed by atoms with E-state index in [-0.39, 0.29) is 18.4 Å². The van der Waals surface area contributed by atoms with Crippen LogP contribution in [0.3, 0.4) is 0 Å². The molecule has 0 aliphatic heterocycles. The van der Waals surface area contributed by atoms with Crippen LogP contribution in [0.15, 0.2) is 24.7 Å². The number of nitrogens with one attached hydrogen (secondary N) is 3. The van der Waals surface area contributed by atoms with Crippen molar-refractivity contribution in [2.75, 3.05) is 32.1 Å². The van der Waals surface area contributed by atoms with Gasteiger partial charge in [0.2, 0.25) is 5.91 Å². The molecule has 36 heavy (non-hydrogen) atoms. The van der Waals surface area contributed by atoms with Crippen LogP contribution in [-0.2, 0) is 17.6 Å². The quantitative estimate of drug-likeness (QED) is 0.282. The number of aromatic nitrogens is 4. The van der Waals surface area contributed by atoms with Crippen LogP contribution < -0.4 is 15.4 Å². The zero-order valence-electron chi connectivity index (χ0n) is 20.0. The van der Waals surface area contributed by atoms with Gasteiger partial charge in [0.15, 0.2) is 0 Å². The largest absolute Gasteiger partial charge is 0.492 e. The Morgan fingerprint density at radius 1 is 1.33 bits per heavy atom. The maximum absolute atomic E-state index is 13.0. The molecule has 4 aromatic rings. The second kappa shape index (κ2) is 9.97. The number of aromatic amines is 1. The SMILES string of the molecule is CCOc1cc2[nH]ncc2cc1Nc1ncnc2sc3c(c12)CCC(C(=O)N(C)CCNC(=O)O)C3. The fourth-order valence-corrected chi connectivity index (χ4v) is 5.91. The third kappa shape index (κ3) is 4.63. The van der Waals surface area contributed by atoms with Crippen molar-refractivity contribution in [1.29, 1.82) is 0 Å². The first kappa shape index (κ1) is 23.8. The van der Waals surface area contributed by atoms with E-state index < -0.39 is 6.09 Å². The van der Waals surface area contributed by atoms with Crippen molar-refractivity contribution in [3.8, 4) is 5.75 Å². The van der Waals surface area contributed by atoms with Gasteiger partial charge in [-0.1, -0.05) is 0 Å². The summed E-state index contributed by atoms with van der Waals surface area (Å²) in [7, 11) is 1.71. The van der Waals surface area contributed by atoms with Gasteiger partial charge in [-0.25, -0.2) is 14.8 Å². The van der Waals surface area contributed by atoms with Gasteiger partial charge < -0.3 is 25.4 Å². The topological polar surface area (TPSA) is 145 Å². The standard InChI is InChI=1S/C24H27N7O4S/c1-3-35-18-10-16-14(11-28-30-16)8-17(18)29-21-20-15-5-4-13(9-19(15)36-22(20)27-12-26-21)23(32)31(2)7-6-25-24(33)34/h8,10-13,25H,3-7,9H2,1-2H3,(H,28,30)(H,33,34)(H,26,27,29). The first-order valence-corrected chi connectivity index (χ1v) is 12.6. The van der Waals surface area contributed by atoms with Crippen LogP contribution in [0.4, 0.5) is 16.3 Å². The lowest BCUT2D eigenvalue weighted by Crippen LogP contribution is -2.40. The lowest BCUT2D eigenvalue weighted by atomic mass is 9.87. The highest BCUT2D eigenvalue weighted by Gasteiger charge is 2.30. The Kier molecular flexibility index (Phi) is 6.59. The van der Waals surface area contributed by atoms with E-state index in [1.54, 1.807) is 35.8 Å². The number of hydrogen-bond donors (Lipinski definition) is 4. The monoisotopic (exact) mass is 509 g/mol. The highest BCUT2D eigenvalue weighted by molar-refractivity contribution is 7.19. The molecule has 1 aromatic carbocycles. The second-order valence-corrected chi connectivity index (χ2v) is 9.78. The van der Waals surface area contributed by atoms with Crippen molar-refractivity contribution in [3.05, 3.63) is 35.1 Å². The van der Waals surface area contributed by atoms with Gasteiger partial charge in [0.25, 0.3) is 0 Å². The van der Waals surface area contributed by atoms with Gasteiger partial charge in [-0.05, 0) is 37.8 Å². The lowest BCUT2D eigenvalue weighted by molar-refractivity contribution is -0.134. The molecule has 0 saturated carbocycles. The summed E-state index contributed by atoms with van der Waals surface area (Å²) in [5.41, 5.74) is 2.87. The number of carbonyl (C=O) groups excluding carboxylic acids is 1. The van der Waals surface area contributed by atoms with Gasteiger partial charge >= 0.3 is 6.09 Å². The van der Waals surface area contributed by atoms with Crippen LogP contribution in [0.5, 0.6) is 5.75 Å². The van der Waals surface area contributed by atoms with Crippen LogP contribution >= 0.6 is 11.3 Å². The molecule has 1 aliphatic carbocycles. The molecule has 1 atom stereocenters. The molecule has 0 fully saturated rings. The molecule has 1 unspecified atom stereocenters. The Labute approximate surface area is 210 Å². The lowest BCUT2D eigenvalue weighted by Gasteiger charge is -2.26. The molecule has 0 bridgehead atoms. The Morgan fingerprint density at radius 3 is 3.00 bits per heavy atom. The molecule has 11 nitrogen and oxygen atoms in total. The minimum Gasteiger partial charge on any atom is -0.492 e. The van der Waals surface area contributed by atoms with Crippen molar-refractivity contribution >= 4 is 56.0 Å². The number of fused-ring (bicyclic) bond motifs is 4. The molecule has 0 spiro atoms. The van der Waals surface area contributed by atoms with E-state index in [1.807, 2.05) is 19.1 Å². The summed E-state index contributed by atoms with van der Waals surface area (Å²) in [5, 5.41) is 23.5.